The van der Waals surface area contributed by atoms with E-state index in [0.717, 1.165) is 36.3 Å². The number of nitrogens with zero attached hydrogens (tertiary/aromatic N) is 4. The van der Waals surface area contributed by atoms with E-state index in [9.17, 15) is 19.1 Å². The number of benzene rings is 3. The molecule has 0 spiro atoms. The minimum Gasteiger partial charge on any atom is -0.489 e. The van der Waals surface area contributed by atoms with Gasteiger partial charge in [-0.15, -0.1) is 0 Å². The van der Waals surface area contributed by atoms with Gasteiger partial charge in [-0.05, 0) is 41.8 Å². The number of hydrogen-bond acceptors (Lipinski definition) is 8. The highest BCUT2D eigenvalue weighted by Gasteiger charge is 2.40. The van der Waals surface area contributed by atoms with Crippen molar-refractivity contribution < 1.29 is 23.8 Å². The smallest absolute Gasteiger partial charge is 0.244 e. The molecule has 2 unspecified atom stereocenters. The maximum Gasteiger partial charge on any atom is 0.244 e. The molecular formula is C32H32FN5O4. The predicted octanol–water partition coefficient (Wildman–Crippen LogP) is 3.21. The number of carbonyl (C=O) groups is 2. The maximum atomic E-state index is 14.4. The molecule has 0 radical (unpaired) electrons. The van der Waals surface area contributed by atoms with E-state index in [4.69, 9.17) is 10.00 Å². The second-order valence-electron chi connectivity index (χ2n) is 11.0. The van der Waals surface area contributed by atoms with Gasteiger partial charge in [-0.2, -0.15) is 5.26 Å². The number of hydrogen-bond donors (Lipinski definition) is 2. The van der Waals surface area contributed by atoms with Crippen LogP contribution in [0.1, 0.15) is 46.9 Å². The van der Waals surface area contributed by atoms with Crippen LogP contribution < -0.4 is 15.0 Å². The van der Waals surface area contributed by atoms with E-state index in [-0.39, 0.29) is 24.1 Å². The van der Waals surface area contributed by atoms with Crippen molar-refractivity contribution in [2.45, 2.75) is 44.8 Å². The van der Waals surface area contributed by atoms with Gasteiger partial charge in [0.1, 0.15) is 24.4 Å². The standard InChI is InChI=1S/C32H32FN5O4/c33-26-16-23(17-34)8-9-27(26)37-14-12-36(13-15-37)18-21-4-6-22(7-5-21)20-42-29-3-1-2-24-25(29)19-38(32(24)41)28-10-11-30(39)35-31(28)40/h1-9,16,28,32,41H,10-15,18-20H2,(H,35,39,40). The first-order chi connectivity index (χ1) is 20.4. The lowest BCUT2D eigenvalue weighted by atomic mass is 10.0. The van der Waals surface area contributed by atoms with Crippen molar-refractivity contribution in [3.8, 4) is 11.8 Å². The van der Waals surface area contributed by atoms with Crippen molar-refractivity contribution in [2.24, 2.45) is 0 Å². The summed E-state index contributed by atoms with van der Waals surface area (Å²) in [6.07, 6.45) is -0.301. The summed E-state index contributed by atoms with van der Waals surface area (Å²) in [4.78, 5) is 30.0. The monoisotopic (exact) mass is 569 g/mol. The molecule has 9 nitrogen and oxygen atoms in total. The number of piperazine rings is 1. The van der Waals surface area contributed by atoms with E-state index < -0.39 is 12.3 Å². The Bertz CT molecular complexity index is 1530. The summed E-state index contributed by atoms with van der Waals surface area (Å²) >= 11 is 0. The Morgan fingerprint density at radius 2 is 1.79 bits per heavy atom. The first-order valence-electron chi connectivity index (χ1n) is 14.2. The van der Waals surface area contributed by atoms with Crippen LogP contribution in [0.4, 0.5) is 10.1 Å². The van der Waals surface area contributed by atoms with E-state index >= 15 is 0 Å². The Balaban J connectivity index is 1.02. The topological polar surface area (TPSA) is 109 Å². The number of halogens is 1. The number of piperidine rings is 1. The molecule has 42 heavy (non-hydrogen) atoms. The van der Waals surface area contributed by atoms with Crippen LogP contribution in [-0.2, 0) is 29.3 Å². The van der Waals surface area contributed by atoms with E-state index in [1.165, 1.54) is 11.6 Å². The number of amides is 2. The van der Waals surface area contributed by atoms with Gasteiger partial charge in [0.25, 0.3) is 0 Å². The Hall–Kier alpha value is -4.30. The zero-order valence-electron chi connectivity index (χ0n) is 23.1. The molecule has 2 saturated heterocycles. The van der Waals surface area contributed by atoms with E-state index in [1.54, 1.807) is 17.0 Å². The molecule has 2 amide bonds. The lowest BCUT2D eigenvalue weighted by molar-refractivity contribution is -0.141. The average molecular weight is 570 g/mol. The van der Waals surface area contributed by atoms with Crippen LogP contribution >= 0.6 is 0 Å². The molecule has 2 atom stereocenters. The second kappa shape index (κ2) is 11.9. The number of fused-ring (bicyclic) bond motifs is 1. The molecule has 3 aromatic carbocycles. The number of ether oxygens (including phenoxy) is 1. The number of imide groups is 1. The van der Waals surface area contributed by atoms with Crippen LogP contribution in [0.3, 0.4) is 0 Å². The summed E-state index contributed by atoms with van der Waals surface area (Å²) < 4.78 is 20.6. The SMILES string of the molecule is N#Cc1ccc(N2CCN(Cc3ccc(COc4cccc5c4CN(C4CCC(=O)NC4=O)C5O)cc3)CC2)c(F)c1. The fourth-order valence-electron chi connectivity index (χ4n) is 6.00. The Labute approximate surface area is 243 Å². The maximum absolute atomic E-state index is 14.4. The zero-order valence-corrected chi connectivity index (χ0v) is 23.1. The largest absolute Gasteiger partial charge is 0.489 e. The van der Waals surface area contributed by atoms with Gasteiger partial charge < -0.3 is 14.7 Å². The van der Waals surface area contributed by atoms with Crippen molar-refractivity contribution in [3.05, 3.63) is 94.3 Å². The summed E-state index contributed by atoms with van der Waals surface area (Å²) in [6, 6.07) is 19.9. The summed E-state index contributed by atoms with van der Waals surface area (Å²) in [5, 5.41) is 22.3. The van der Waals surface area contributed by atoms with Crippen molar-refractivity contribution in [1.29, 1.82) is 5.26 Å². The highest BCUT2D eigenvalue weighted by molar-refractivity contribution is 6.00. The quantitative estimate of drug-likeness (QED) is 0.418. The number of aliphatic hydroxyl groups is 1. The molecule has 0 aliphatic carbocycles. The van der Waals surface area contributed by atoms with E-state index in [1.807, 2.05) is 41.3 Å². The number of anilines is 1. The number of nitriles is 1. The van der Waals surface area contributed by atoms with Crippen LogP contribution in [0, 0.1) is 17.1 Å². The van der Waals surface area contributed by atoms with Gasteiger partial charge in [0, 0.05) is 56.8 Å². The molecule has 10 heteroatoms. The van der Waals surface area contributed by atoms with Crippen LogP contribution in [0.2, 0.25) is 0 Å². The van der Waals surface area contributed by atoms with Gasteiger partial charge in [-0.1, -0.05) is 36.4 Å². The van der Waals surface area contributed by atoms with E-state index in [0.29, 0.717) is 49.7 Å². The predicted molar refractivity (Wildman–Crippen MR) is 152 cm³/mol. The van der Waals surface area contributed by atoms with Crippen LogP contribution in [0.5, 0.6) is 5.75 Å². The molecule has 216 valence electrons. The number of rotatable bonds is 7. The summed E-state index contributed by atoms with van der Waals surface area (Å²) in [7, 11) is 0. The van der Waals surface area contributed by atoms with Gasteiger partial charge in [0.05, 0.1) is 23.4 Å². The van der Waals surface area contributed by atoms with E-state index in [2.05, 4.69) is 22.3 Å². The van der Waals surface area contributed by atoms with Gasteiger partial charge in [-0.3, -0.25) is 24.7 Å². The number of nitrogens with one attached hydrogen (secondary N) is 1. The number of aliphatic hydroxyl groups excluding tert-OH is 1. The fraction of sp³-hybridized carbons (Fsp3) is 0.344. The summed E-state index contributed by atoms with van der Waals surface area (Å²) in [6.45, 7) is 4.57. The molecule has 3 heterocycles. The molecule has 6 rings (SSSR count). The van der Waals surface area contributed by atoms with Crippen LogP contribution in [0.25, 0.3) is 0 Å². The lowest BCUT2D eigenvalue weighted by Crippen LogP contribution is -2.51. The second-order valence-corrected chi connectivity index (χ2v) is 11.0. The minimum atomic E-state index is -0.934. The van der Waals surface area contributed by atoms with Gasteiger partial charge in [0.15, 0.2) is 0 Å². The third-order valence-corrected chi connectivity index (χ3v) is 8.33. The Kier molecular flexibility index (Phi) is 7.89. The highest BCUT2D eigenvalue weighted by Crippen LogP contribution is 2.39. The molecule has 0 bridgehead atoms. The van der Waals surface area contributed by atoms with Crippen LogP contribution in [-0.4, -0.2) is 58.9 Å². The first-order valence-corrected chi connectivity index (χ1v) is 14.2. The Morgan fingerprint density at radius 3 is 2.50 bits per heavy atom. The Morgan fingerprint density at radius 1 is 1.02 bits per heavy atom. The lowest BCUT2D eigenvalue weighted by Gasteiger charge is -2.36. The van der Waals surface area contributed by atoms with Crippen molar-refractivity contribution in [3.63, 3.8) is 0 Å². The third-order valence-electron chi connectivity index (χ3n) is 8.33. The minimum absolute atomic E-state index is 0.254. The average Bonchev–Trinajstić information content (AvgIpc) is 3.33. The summed E-state index contributed by atoms with van der Waals surface area (Å²) in [5.41, 5.74) is 4.63. The van der Waals surface area contributed by atoms with Crippen molar-refractivity contribution in [1.82, 2.24) is 15.1 Å². The molecule has 2 fully saturated rings. The molecular weight excluding hydrogens is 537 g/mol. The molecule has 3 aliphatic rings. The molecule has 0 aromatic heterocycles. The van der Waals surface area contributed by atoms with Gasteiger partial charge in [-0.25, -0.2) is 4.39 Å². The zero-order chi connectivity index (χ0) is 29.2. The fourth-order valence-corrected chi connectivity index (χ4v) is 6.00. The third kappa shape index (κ3) is 5.72. The molecule has 0 saturated carbocycles. The first kappa shape index (κ1) is 27.8. The molecule has 3 aromatic rings. The highest BCUT2D eigenvalue weighted by atomic mass is 19.1. The van der Waals surface area contributed by atoms with Crippen LogP contribution in [0.15, 0.2) is 60.7 Å². The molecule has 2 N–H and O–H groups in total. The van der Waals surface area contributed by atoms with Crippen molar-refractivity contribution in [2.75, 3.05) is 31.1 Å². The number of carbonyl (C=O) groups excluding carboxylic acids is 2. The van der Waals surface area contributed by atoms with Gasteiger partial charge in [0.2, 0.25) is 11.8 Å². The normalized spacial score (nSPS) is 21.1. The molecule has 3 aliphatic heterocycles. The van der Waals surface area contributed by atoms with Crippen molar-refractivity contribution >= 4 is 17.5 Å². The van der Waals surface area contributed by atoms with Gasteiger partial charge >= 0.3 is 0 Å². The summed E-state index contributed by atoms with van der Waals surface area (Å²) in [5.74, 6) is -0.343.